The molecule has 0 saturated heterocycles. The first-order chi connectivity index (χ1) is 11.1. The molecule has 0 spiro atoms. The average molecular weight is 344 g/mol. The van der Waals surface area contributed by atoms with Crippen molar-refractivity contribution in [2.45, 2.75) is 13.8 Å². The number of anilines is 1. The first kappa shape index (κ1) is 15.8. The Morgan fingerprint density at radius 2 is 2.00 bits per heavy atom. The zero-order valence-corrected chi connectivity index (χ0v) is 14.5. The number of pyridine rings is 1. The van der Waals surface area contributed by atoms with Crippen LogP contribution in [0.15, 0.2) is 42.0 Å². The molecule has 5 nitrogen and oxygen atoms in total. The van der Waals surface area contributed by atoms with E-state index in [4.69, 9.17) is 0 Å². The van der Waals surface area contributed by atoms with Crippen LogP contribution in [0.1, 0.15) is 23.5 Å². The third kappa shape index (κ3) is 3.62. The van der Waals surface area contributed by atoms with E-state index in [1.54, 1.807) is 17.3 Å². The van der Waals surface area contributed by atoms with Crippen molar-refractivity contribution in [1.82, 2.24) is 15.2 Å². The molecule has 23 heavy (non-hydrogen) atoms. The molecule has 0 aliphatic rings. The Morgan fingerprint density at radius 3 is 2.65 bits per heavy atom. The predicted molar refractivity (Wildman–Crippen MR) is 94.0 cm³/mol. The molecule has 0 N–H and O–H groups in total. The topological polar surface area (TPSA) is 59.0 Å². The molecule has 0 radical (unpaired) electrons. The van der Waals surface area contributed by atoms with E-state index in [0.29, 0.717) is 22.5 Å². The van der Waals surface area contributed by atoms with Crippen LogP contribution in [0, 0.1) is 5.92 Å². The Labute approximate surface area is 142 Å². The number of hydrogen-bond acceptors (Lipinski definition) is 6. The van der Waals surface area contributed by atoms with Gasteiger partial charge in [0.1, 0.15) is 5.01 Å². The molecule has 0 saturated carbocycles. The van der Waals surface area contributed by atoms with Gasteiger partial charge in [0, 0.05) is 24.5 Å². The summed E-state index contributed by atoms with van der Waals surface area (Å²) < 4.78 is 0. The minimum absolute atomic E-state index is 0.0221. The molecule has 0 bridgehead atoms. The van der Waals surface area contributed by atoms with Gasteiger partial charge in [-0.3, -0.25) is 14.7 Å². The summed E-state index contributed by atoms with van der Waals surface area (Å²) in [5, 5.41) is 11.8. The molecule has 0 aliphatic heterocycles. The molecular formula is C16H16N4OS2. The lowest BCUT2D eigenvalue weighted by atomic mass is 10.2. The summed E-state index contributed by atoms with van der Waals surface area (Å²) in [6.45, 7) is 4.78. The number of aromatic nitrogens is 3. The number of carbonyl (C=O) groups excluding carboxylic acids is 1. The SMILES string of the molecule is CC(C)CN(C(=O)c1cccs1)c1nnc(-c2ccncc2)s1. The fourth-order valence-corrected chi connectivity index (χ4v) is 3.61. The van der Waals surface area contributed by atoms with Crippen LogP contribution in [0.3, 0.4) is 0 Å². The molecule has 3 heterocycles. The van der Waals surface area contributed by atoms with Crippen molar-refractivity contribution < 1.29 is 4.79 Å². The van der Waals surface area contributed by atoms with E-state index in [-0.39, 0.29) is 5.91 Å². The minimum Gasteiger partial charge on any atom is -0.282 e. The van der Waals surface area contributed by atoms with Gasteiger partial charge in [-0.2, -0.15) is 0 Å². The van der Waals surface area contributed by atoms with Crippen LogP contribution < -0.4 is 4.90 Å². The van der Waals surface area contributed by atoms with Crippen LogP contribution in [0.2, 0.25) is 0 Å². The molecule has 0 atom stereocenters. The predicted octanol–water partition coefficient (Wildman–Crippen LogP) is 3.96. The van der Waals surface area contributed by atoms with Gasteiger partial charge < -0.3 is 0 Å². The van der Waals surface area contributed by atoms with Crippen molar-refractivity contribution in [3.63, 3.8) is 0 Å². The van der Waals surface area contributed by atoms with Gasteiger partial charge in [0.2, 0.25) is 5.13 Å². The van der Waals surface area contributed by atoms with E-state index in [2.05, 4.69) is 29.0 Å². The lowest BCUT2D eigenvalue weighted by Gasteiger charge is -2.20. The lowest BCUT2D eigenvalue weighted by Crippen LogP contribution is -2.33. The summed E-state index contributed by atoms with van der Waals surface area (Å²) in [5.41, 5.74) is 0.955. The summed E-state index contributed by atoms with van der Waals surface area (Å²) in [6, 6.07) is 7.50. The van der Waals surface area contributed by atoms with Crippen LogP contribution in [0.5, 0.6) is 0 Å². The molecule has 3 aromatic rings. The number of rotatable bonds is 5. The first-order valence-corrected chi connectivity index (χ1v) is 8.94. The normalized spacial score (nSPS) is 10.9. The van der Waals surface area contributed by atoms with Gasteiger partial charge in [-0.05, 0) is 29.5 Å². The largest absolute Gasteiger partial charge is 0.282 e. The van der Waals surface area contributed by atoms with Gasteiger partial charge >= 0.3 is 0 Å². The maximum atomic E-state index is 12.8. The monoisotopic (exact) mass is 344 g/mol. The lowest BCUT2D eigenvalue weighted by molar-refractivity contribution is 0.0987. The maximum absolute atomic E-state index is 12.8. The molecule has 3 aromatic heterocycles. The van der Waals surface area contributed by atoms with Crippen molar-refractivity contribution in [1.29, 1.82) is 0 Å². The summed E-state index contributed by atoms with van der Waals surface area (Å²) in [6.07, 6.45) is 3.44. The number of thiophene rings is 1. The van der Waals surface area contributed by atoms with Crippen LogP contribution >= 0.6 is 22.7 Å². The van der Waals surface area contributed by atoms with Crippen LogP contribution in [-0.4, -0.2) is 27.6 Å². The second kappa shape index (κ2) is 6.97. The van der Waals surface area contributed by atoms with Gasteiger partial charge in [0.15, 0.2) is 0 Å². The first-order valence-electron chi connectivity index (χ1n) is 7.24. The van der Waals surface area contributed by atoms with Gasteiger partial charge in [-0.25, -0.2) is 0 Å². The van der Waals surface area contributed by atoms with Gasteiger partial charge in [-0.15, -0.1) is 21.5 Å². The van der Waals surface area contributed by atoms with E-state index in [1.807, 2.05) is 29.6 Å². The van der Waals surface area contributed by atoms with Crippen molar-refractivity contribution in [3.8, 4) is 10.6 Å². The van der Waals surface area contributed by atoms with E-state index in [0.717, 1.165) is 10.6 Å². The highest BCUT2D eigenvalue weighted by atomic mass is 32.1. The van der Waals surface area contributed by atoms with Crippen molar-refractivity contribution in [2.24, 2.45) is 5.92 Å². The molecule has 7 heteroatoms. The van der Waals surface area contributed by atoms with Crippen molar-refractivity contribution in [3.05, 3.63) is 46.9 Å². The second-order valence-corrected chi connectivity index (χ2v) is 7.32. The summed E-state index contributed by atoms with van der Waals surface area (Å²) >= 11 is 2.86. The second-order valence-electron chi connectivity index (χ2n) is 5.41. The number of hydrogen-bond donors (Lipinski definition) is 0. The number of amides is 1. The minimum atomic E-state index is -0.0221. The fourth-order valence-electron chi connectivity index (χ4n) is 2.08. The van der Waals surface area contributed by atoms with Gasteiger partial charge in [-0.1, -0.05) is 31.3 Å². The maximum Gasteiger partial charge on any atom is 0.270 e. The summed E-state index contributed by atoms with van der Waals surface area (Å²) in [7, 11) is 0. The molecule has 0 fully saturated rings. The Bertz CT molecular complexity index is 769. The molecule has 1 amide bonds. The van der Waals surface area contributed by atoms with Crippen LogP contribution in [0.25, 0.3) is 10.6 Å². The average Bonchev–Trinajstić information content (AvgIpc) is 3.24. The summed E-state index contributed by atoms with van der Waals surface area (Å²) in [4.78, 5) is 19.2. The van der Waals surface area contributed by atoms with E-state index in [1.165, 1.54) is 22.7 Å². The highest BCUT2D eigenvalue weighted by molar-refractivity contribution is 7.18. The Hall–Kier alpha value is -2.12. The quantitative estimate of drug-likeness (QED) is 0.703. The van der Waals surface area contributed by atoms with Crippen LogP contribution in [-0.2, 0) is 0 Å². The molecular weight excluding hydrogens is 328 g/mol. The third-order valence-electron chi connectivity index (χ3n) is 3.10. The number of nitrogens with zero attached hydrogens (tertiary/aromatic N) is 4. The summed E-state index contributed by atoms with van der Waals surface area (Å²) in [5.74, 6) is 0.318. The molecule has 0 aliphatic carbocycles. The standard InChI is InChI=1S/C16H16N4OS2/c1-11(2)10-20(15(21)13-4-3-9-22-13)16-19-18-14(23-16)12-5-7-17-8-6-12/h3-9,11H,10H2,1-2H3. The third-order valence-corrected chi connectivity index (χ3v) is 4.95. The van der Waals surface area contributed by atoms with Crippen LogP contribution in [0.4, 0.5) is 5.13 Å². The molecule has 3 rings (SSSR count). The van der Waals surface area contributed by atoms with Crippen molar-refractivity contribution >= 4 is 33.7 Å². The fraction of sp³-hybridized carbons (Fsp3) is 0.250. The zero-order valence-electron chi connectivity index (χ0n) is 12.8. The van der Waals surface area contributed by atoms with Crippen molar-refractivity contribution in [2.75, 3.05) is 11.4 Å². The molecule has 118 valence electrons. The zero-order chi connectivity index (χ0) is 16.2. The Balaban J connectivity index is 1.91. The molecule has 0 unspecified atom stereocenters. The van der Waals surface area contributed by atoms with Gasteiger partial charge in [0.25, 0.3) is 5.91 Å². The van der Waals surface area contributed by atoms with Gasteiger partial charge in [0.05, 0.1) is 4.88 Å². The Kier molecular flexibility index (Phi) is 4.78. The highest BCUT2D eigenvalue weighted by Crippen LogP contribution is 2.30. The Morgan fingerprint density at radius 1 is 1.22 bits per heavy atom. The highest BCUT2D eigenvalue weighted by Gasteiger charge is 2.23. The van der Waals surface area contributed by atoms with E-state index >= 15 is 0 Å². The van der Waals surface area contributed by atoms with E-state index in [9.17, 15) is 4.79 Å². The van der Waals surface area contributed by atoms with E-state index < -0.39 is 0 Å². The number of carbonyl (C=O) groups is 1. The molecule has 0 aromatic carbocycles. The smallest absolute Gasteiger partial charge is 0.270 e.